The van der Waals surface area contributed by atoms with Gasteiger partial charge >= 0.3 is 0 Å². The number of nitrogens with zero attached hydrogens (tertiary/aromatic N) is 3. The Labute approximate surface area is 117 Å². The van der Waals surface area contributed by atoms with Gasteiger partial charge in [-0.05, 0) is 23.3 Å². The van der Waals surface area contributed by atoms with E-state index in [1.165, 1.54) is 12.1 Å². The van der Waals surface area contributed by atoms with Gasteiger partial charge in [0.1, 0.15) is 5.82 Å². The molecule has 1 aliphatic heterocycles. The minimum absolute atomic E-state index is 0.209. The van der Waals surface area contributed by atoms with Crippen molar-refractivity contribution in [2.45, 2.75) is 6.42 Å². The van der Waals surface area contributed by atoms with E-state index in [1.807, 2.05) is 12.4 Å². The highest BCUT2D eigenvalue weighted by Gasteiger charge is 2.12. The molecule has 2 heterocycles. The molecular weight excluding hydrogens is 255 g/mol. The number of aromatic nitrogens is 2. The van der Waals surface area contributed by atoms with E-state index in [0.717, 1.165) is 49.7 Å². The van der Waals surface area contributed by atoms with E-state index in [4.69, 9.17) is 0 Å². The Morgan fingerprint density at radius 3 is 2.30 bits per heavy atom. The van der Waals surface area contributed by atoms with E-state index >= 15 is 0 Å². The van der Waals surface area contributed by atoms with Crippen LogP contribution in [0.2, 0.25) is 0 Å². The summed E-state index contributed by atoms with van der Waals surface area (Å²) in [4.78, 5) is 11.0. The number of hydrogen-bond acceptors (Lipinski definition) is 4. The van der Waals surface area contributed by atoms with Crippen LogP contribution in [-0.2, 0) is 6.42 Å². The first-order valence-corrected chi connectivity index (χ1v) is 6.82. The van der Waals surface area contributed by atoms with Crippen molar-refractivity contribution in [2.75, 3.05) is 31.1 Å². The van der Waals surface area contributed by atoms with Crippen LogP contribution >= 0.6 is 0 Å². The van der Waals surface area contributed by atoms with Gasteiger partial charge in [0.2, 0.25) is 5.95 Å². The number of benzene rings is 1. The van der Waals surface area contributed by atoms with Crippen molar-refractivity contribution in [3.8, 4) is 0 Å². The summed E-state index contributed by atoms with van der Waals surface area (Å²) in [5.74, 6) is 0.577. The summed E-state index contributed by atoms with van der Waals surface area (Å²) in [5, 5.41) is 3.31. The summed E-state index contributed by atoms with van der Waals surface area (Å²) in [7, 11) is 0. The van der Waals surface area contributed by atoms with Crippen molar-refractivity contribution in [3.63, 3.8) is 0 Å². The van der Waals surface area contributed by atoms with Crippen LogP contribution in [0.5, 0.6) is 0 Å². The molecule has 0 amide bonds. The molecule has 0 unspecified atom stereocenters. The van der Waals surface area contributed by atoms with Crippen LogP contribution in [0.1, 0.15) is 11.1 Å². The van der Waals surface area contributed by atoms with Gasteiger partial charge in [-0.25, -0.2) is 14.4 Å². The fourth-order valence-electron chi connectivity index (χ4n) is 2.31. The second kappa shape index (κ2) is 5.96. The fraction of sp³-hybridized carbons (Fsp3) is 0.333. The molecule has 20 heavy (non-hydrogen) atoms. The van der Waals surface area contributed by atoms with Crippen LogP contribution in [0.4, 0.5) is 10.3 Å². The first-order valence-electron chi connectivity index (χ1n) is 6.82. The standard InChI is InChI=1S/C15H17FN4/c16-14-3-1-12(2-4-14)9-13-10-18-15(19-11-13)20-7-5-17-6-8-20/h1-4,10-11,17H,5-9H2. The predicted molar refractivity (Wildman–Crippen MR) is 76.3 cm³/mol. The van der Waals surface area contributed by atoms with Crippen molar-refractivity contribution >= 4 is 5.95 Å². The van der Waals surface area contributed by atoms with Gasteiger partial charge in [-0.1, -0.05) is 12.1 Å². The second-order valence-corrected chi connectivity index (χ2v) is 4.93. The Bertz CT molecular complexity index is 547. The average molecular weight is 272 g/mol. The number of piperazine rings is 1. The normalized spacial score (nSPS) is 15.3. The molecule has 0 aliphatic carbocycles. The largest absolute Gasteiger partial charge is 0.338 e. The minimum Gasteiger partial charge on any atom is -0.338 e. The predicted octanol–water partition coefficient (Wildman–Crippen LogP) is 1.62. The summed E-state index contributed by atoms with van der Waals surface area (Å²) < 4.78 is 12.8. The molecular formula is C15H17FN4. The highest BCUT2D eigenvalue weighted by atomic mass is 19.1. The molecule has 0 bridgehead atoms. The lowest BCUT2D eigenvalue weighted by Crippen LogP contribution is -2.44. The SMILES string of the molecule is Fc1ccc(Cc2cnc(N3CCNCC3)nc2)cc1. The second-order valence-electron chi connectivity index (χ2n) is 4.93. The molecule has 0 radical (unpaired) electrons. The molecule has 4 nitrogen and oxygen atoms in total. The van der Waals surface area contributed by atoms with Gasteiger partial charge in [-0.3, -0.25) is 0 Å². The van der Waals surface area contributed by atoms with Gasteiger partial charge in [0.05, 0.1) is 0 Å². The Balaban J connectivity index is 1.67. The minimum atomic E-state index is -0.209. The molecule has 2 aromatic rings. The van der Waals surface area contributed by atoms with Crippen molar-refractivity contribution in [1.29, 1.82) is 0 Å². The molecule has 1 fully saturated rings. The Kier molecular flexibility index (Phi) is 3.87. The Morgan fingerprint density at radius 1 is 1.00 bits per heavy atom. The lowest BCUT2D eigenvalue weighted by atomic mass is 10.1. The van der Waals surface area contributed by atoms with Gasteiger partial charge in [0, 0.05) is 45.0 Å². The number of nitrogens with one attached hydrogen (secondary N) is 1. The summed E-state index contributed by atoms with van der Waals surface area (Å²) in [6, 6.07) is 6.54. The van der Waals surface area contributed by atoms with Crippen molar-refractivity contribution < 1.29 is 4.39 Å². The van der Waals surface area contributed by atoms with Crippen LogP contribution in [-0.4, -0.2) is 36.1 Å². The number of hydrogen-bond donors (Lipinski definition) is 1. The topological polar surface area (TPSA) is 41.1 Å². The monoisotopic (exact) mass is 272 g/mol. The maximum Gasteiger partial charge on any atom is 0.225 e. The Morgan fingerprint density at radius 2 is 1.65 bits per heavy atom. The van der Waals surface area contributed by atoms with E-state index in [-0.39, 0.29) is 5.82 Å². The molecule has 1 aliphatic rings. The van der Waals surface area contributed by atoms with Crippen molar-refractivity contribution in [2.24, 2.45) is 0 Å². The molecule has 104 valence electrons. The number of halogens is 1. The van der Waals surface area contributed by atoms with Crippen LogP contribution in [0.15, 0.2) is 36.7 Å². The highest BCUT2D eigenvalue weighted by molar-refractivity contribution is 5.32. The molecule has 5 heteroatoms. The third kappa shape index (κ3) is 3.11. The Hall–Kier alpha value is -2.01. The van der Waals surface area contributed by atoms with Crippen LogP contribution < -0.4 is 10.2 Å². The van der Waals surface area contributed by atoms with Gasteiger partial charge < -0.3 is 10.2 Å². The molecule has 1 aromatic heterocycles. The number of anilines is 1. The van der Waals surface area contributed by atoms with Crippen LogP contribution in [0.25, 0.3) is 0 Å². The highest BCUT2D eigenvalue weighted by Crippen LogP contribution is 2.12. The maximum atomic E-state index is 12.8. The summed E-state index contributed by atoms with van der Waals surface area (Å²) in [6.45, 7) is 3.83. The van der Waals surface area contributed by atoms with Crippen LogP contribution in [0, 0.1) is 5.82 Å². The zero-order valence-electron chi connectivity index (χ0n) is 11.2. The summed E-state index contributed by atoms with van der Waals surface area (Å²) in [5.41, 5.74) is 2.10. The maximum absolute atomic E-state index is 12.8. The third-order valence-electron chi connectivity index (χ3n) is 3.41. The van der Waals surface area contributed by atoms with Crippen LogP contribution in [0.3, 0.4) is 0 Å². The molecule has 0 spiro atoms. The molecule has 0 atom stereocenters. The van der Waals surface area contributed by atoms with E-state index in [1.54, 1.807) is 12.1 Å². The molecule has 1 saturated heterocycles. The average Bonchev–Trinajstić information content (AvgIpc) is 2.51. The third-order valence-corrected chi connectivity index (χ3v) is 3.41. The van der Waals surface area contributed by atoms with E-state index in [9.17, 15) is 4.39 Å². The molecule has 1 N–H and O–H groups in total. The lowest BCUT2D eigenvalue weighted by molar-refractivity contribution is 0.579. The number of rotatable bonds is 3. The smallest absolute Gasteiger partial charge is 0.225 e. The zero-order chi connectivity index (χ0) is 13.8. The van der Waals surface area contributed by atoms with Crippen molar-refractivity contribution in [1.82, 2.24) is 15.3 Å². The van der Waals surface area contributed by atoms with E-state index in [2.05, 4.69) is 20.2 Å². The molecule has 0 saturated carbocycles. The molecule has 3 rings (SSSR count). The summed E-state index contributed by atoms with van der Waals surface area (Å²) in [6.07, 6.45) is 4.43. The zero-order valence-corrected chi connectivity index (χ0v) is 11.2. The fourth-order valence-corrected chi connectivity index (χ4v) is 2.31. The van der Waals surface area contributed by atoms with Gasteiger partial charge in [0.25, 0.3) is 0 Å². The van der Waals surface area contributed by atoms with E-state index in [0.29, 0.717) is 0 Å². The lowest BCUT2D eigenvalue weighted by Gasteiger charge is -2.27. The van der Waals surface area contributed by atoms with Gasteiger partial charge in [-0.15, -0.1) is 0 Å². The van der Waals surface area contributed by atoms with E-state index < -0.39 is 0 Å². The quantitative estimate of drug-likeness (QED) is 0.922. The van der Waals surface area contributed by atoms with Crippen molar-refractivity contribution in [3.05, 3.63) is 53.6 Å². The first kappa shape index (κ1) is 13.0. The van der Waals surface area contributed by atoms with Gasteiger partial charge in [0.15, 0.2) is 0 Å². The molecule has 1 aromatic carbocycles. The summed E-state index contributed by atoms with van der Waals surface area (Å²) >= 11 is 0. The van der Waals surface area contributed by atoms with Gasteiger partial charge in [-0.2, -0.15) is 0 Å². The first-order chi connectivity index (χ1) is 9.81.